The Morgan fingerprint density at radius 3 is 1.54 bits per heavy atom. The molecule has 0 N–H and O–H groups in total. The quantitative estimate of drug-likeness (QED) is 0.118. The van der Waals surface area contributed by atoms with Crippen LogP contribution in [0.4, 0.5) is 0 Å². The average Bonchev–Trinajstić information content (AvgIpc) is 4.18. The summed E-state index contributed by atoms with van der Waals surface area (Å²) in [5.74, 6) is 2.07. The molecule has 0 saturated carbocycles. The van der Waals surface area contributed by atoms with Crippen molar-refractivity contribution in [2.45, 2.75) is 26.2 Å². The first kappa shape index (κ1) is 38.6. The van der Waals surface area contributed by atoms with Crippen LogP contribution in [0.3, 0.4) is 0 Å². The summed E-state index contributed by atoms with van der Waals surface area (Å²) in [5, 5.41) is 6.73. The van der Waals surface area contributed by atoms with E-state index in [-0.39, 0.29) is 5.41 Å². The number of hydrogen-bond acceptors (Lipinski definition) is 2. The largest absolute Gasteiger partial charge is 0.458 e. The molecule has 5 aromatic heterocycles. The van der Waals surface area contributed by atoms with Gasteiger partial charge in [0.2, 0.25) is 6.33 Å². The zero-order valence-electron chi connectivity index (χ0n) is 42.9. The van der Waals surface area contributed by atoms with E-state index in [2.05, 4.69) is 211 Å². The maximum absolute atomic E-state index is 9.14. The summed E-state index contributed by atoms with van der Waals surface area (Å²) in [4.78, 5) is 4.88. The van der Waals surface area contributed by atoms with Crippen LogP contribution >= 0.6 is 0 Å². The van der Waals surface area contributed by atoms with Crippen LogP contribution in [0.2, 0.25) is 0 Å². The van der Waals surface area contributed by atoms with Crippen molar-refractivity contribution in [1.82, 2.24) is 23.3 Å². The summed E-state index contributed by atoms with van der Waals surface area (Å²) in [5.41, 5.74) is 12.7. The molecule has 14 aromatic rings. The van der Waals surface area contributed by atoms with Crippen molar-refractivity contribution in [2.75, 3.05) is 0 Å². The lowest BCUT2D eigenvalue weighted by molar-refractivity contribution is -0.649. The van der Waals surface area contributed by atoms with Gasteiger partial charge in [0.1, 0.15) is 17.3 Å². The van der Waals surface area contributed by atoms with Gasteiger partial charge in [0.25, 0.3) is 0 Å². The number of imidazole rings is 1. The molecule has 0 unspecified atom stereocenters. The highest BCUT2D eigenvalue weighted by Crippen LogP contribution is 2.44. The Balaban J connectivity index is 0.968. The first-order chi connectivity index (χ1) is 36.5. The minimum Gasteiger partial charge on any atom is -0.458 e. The Bertz CT molecular complexity index is 4380. The Morgan fingerprint density at radius 1 is 0.472 bits per heavy atom. The number of aryl methyl sites for hydroxylation is 1. The van der Waals surface area contributed by atoms with E-state index in [0.717, 1.165) is 93.7 Å². The van der Waals surface area contributed by atoms with E-state index in [9.17, 15) is 0 Å². The van der Waals surface area contributed by atoms with Crippen LogP contribution in [0.1, 0.15) is 30.4 Å². The number of ether oxygens (including phenoxy) is 1. The van der Waals surface area contributed by atoms with Crippen LogP contribution in [-0.2, 0) is 12.4 Å². The summed E-state index contributed by atoms with van der Waals surface area (Å²) >= 11 is 0. The minimum absolute atomic E-state index is 0.0586. The van der Waals surface area contributed by atoms with Gasteiger partial charge >= 0.3 is 0 Å². The molecule has 0 atom stereocenters. The second-order valence-electron chi connectivity index (χ2n) is 19.6. The molecule has 0 fully saturated rings. The van der Waals surface area contributed by atoms with E-state index >= 15 is 0 Å². The van der Waals surface area contributed by atoms with E-state index in [1.54, 1.807) is 0 Å². The van der Waals surface area contributed by atoms with E-state index in [1.807, 2.05) is 53.2 Å². The fraction of sp³-hybridized carbons (Fsp3) is 0.0769. The summed E-state index contributed by atoms with van der Waals surface area (Å²) in [7, 11) is 0. The fourth-order valence-corrected chi connectivity index (χ4v) is 11.2. The molecule has 0 radical (unpaired) electrons. The third-order valence-corrected chi connectivity index (χ3v) is 14.4. The van der Waals surface area contributed by atoms with Crippen LogP contribution in [-0.4, -0.2) is 23.3 Å². The van der Waals surface area contributed by atoms with Gasteiger partial charge in [0, 0.05) is 50.1 Å². The number of pyridine rings is 1. The van der Waals surface area contributed by atoms with E-state index in [4.69, 9.17) is 13.8 Å². The normalized spacial score (nSPS) is 13.0. The number of benzene rings is 9. The van der Waals surface area contributed by atoms with Gasteiger partial charge in [-0.3, -0.25) is 4.57 Å². The topological polar surface area (TPSA) is 45.7 Å². The first-order valence-corrected chi connectivity index (χ1v) is 24.4. The molecular formula is C65H48N6O. The van der Waals surface area contributed by atoms with Crippen LogP contribution in [0.5, 0.6) is 11.5 Å². The maximum Gasteiger partial charge on any atom is 0.244 e. The lowest BCUT2D eigenvalue weighted by atomic mass is 9.88. The molecule has 0 saturated heterocycles. The van der Waals surface area contributed by atoms with Crippen LogP contribution in [0.15, 0.2) is 219 Å². The summed E-state index contributed by atoms with van der Waals surface area (Å²) < 4.78 is 44.2. The Kier molecular flexibility index (Phi) is 8.54. The van der Waals surface area contributed by atoms with Crippen molar-refractivity contribution in [3.8, 4) is 45.5 Å². The lowest BCUT2D eigenvalue weighted by Crippen LogP contribution is -2.27. The molecule has 0 amide bonds. The Labute approximate surface area is 420 Å². The molecule has 0 spiro atoms. The predicted octanol–water partition coefficient (Wildman–Crippen LogP) is 15.7. The van der Waals surface area contributed by atoms with E-state index in [0.29, 0.717) is 28.2 Å². The number of rotatable bonds is 7. The van der Waals surface area contributed by atoms with Crippen molar-refractivity contribution in [3.05, 3.63) is 230 Å². The summed E-state index contributed by atoms with van der Waals surface area (Å²) in [6, 6.07) is 73.0. The monoisotopic (exact) mass is 931 g/mol. The molecule has 7 nitrogen and oxygen atoms in total. The van der Waals surface area contributed by atoms with Gasteiger partial charge in [-0.05, 0) is 95.4 Å². The van der Waals surface area contributed by atoms with Crippen molar-refractivity contribution in [3.63, 3.8) is 0 Å². The zero-order chi connectivity index (χ0) is 50.7. The SMILES string of the molecule is [2H]C([2H])([2H])[n+]1[c-]n(-c2cccc(Oc3ccc4c5ccccc5n(-c5cc(C(C)(C)C)ccn5)c4c3)c2)c2cccc(-c3c(-n4c5ccccc5c5ccccc54)cccc3-n3c4ccccc4c4ccccc43)c21. The molecule has 344 valence electrons. The number of nitrogens with zero attached hydrogens (tertiary/aromatic N) is 6. The second-order valence-corrected chi connectivity index (χ2v) is 19.6. The van der Waals surface area contributed by atoms with Crippen molar-refractivity contribution >= 4 is 76.5 Å². The van der Waals surface area contributed by atoms with Crippen molar-refractivity contribution in [2.24, 2.45) is 6.98 Å². The zero-order valence-corrected chi connectivity index (χ0v) is 39.9. The number of fused-ring (bicyclic) bond motifs is 10. The van der Waals surface area contributed by atoms with Gasteiger partial charge < -0.3 is 23.0 Å². The van der Waals surface area contributed by atoms with Crippen LogP contribution in [0.25, 0.3) is 110 Å². The summed E-state index contributed by atoms with van der Waals surface area (Å²) in [6.07, 6.45) is 5.23. The van der Waals surface area contributed by atoms with Crippen molar-refractivity contribution in [1.29, 1.82) is 0 Å². The highest BCUT2D eigenvalue weighted by Gasteiger charge is 2.25. The number of para-hydroxylation sites is 6. The highest BCUT2D eigenvalue weighted by molar-refractivity contribution is 6.13. The molecule has 0 aliphatic carbocycles. The highest BCUT2D eigenvalue weighted by atomic mass is 16.5. The third kappa shape index (κ3) is 6.37. The van der Waals surface area contributed by atoms with E-state index < -0.39 is 6.98 Å². The Morgan fingerprint density at radius 2 is 0.972 bits per heavy atom. The molecule has 0 bridgehead atoms. The molecule has 0 aliphatic rings. The molecule has 9 aromatic carbocycles. The van der Waals surface area contributed by atoms with Gasteiger partial charge in [-0.2, -0.15) is 0 Å². The standard InChI is InChI=1S/C65H48N6O/c1-65(2,3)42-36-37-66-62(38-42)71-57-30-14-9-24-50(57)51-35-34-45(40-61(51)71)72-44-19-15-18-43(39-44)68-41-67(4)64-52(25-16-33-60(64)68)63-58(69-53-26-10-5-20-46(53)47-21-6-11-27-54(47)69)31-17-32-59(63)70-55-28-12-7-22-48(55)49-23-8-13-29-56(49)70/h5-40H,1-4H3/i4D3. The predicted molar refractivity (Wildman–Crippen MR) is 295 cm³/mol. The first-order valence-electron chi connectivity index (χ1n) is 25.9. The second kappa shape index (κ2) is 15.9. The minimum atomic E-state index is -2.61. The molecule has 0 aliphatic heterocycles. The van der Waals surface area contributed by atoms with Crippen LogP contribution in [0, 0.1) is 6.33 Å². The van der Waals surface area contributed by atoms with Gasteiger partial charge in [-0.15, -0.1) is 0 Å². The molecular weight excluding hydrogens is 881 g/mol. The van der Waals surface area contributed by atoms with Crippen LogP contribution < -0.4 is 9.30 Å². The third-order valence-electron chi connectivity index (χ3n) is 14.4. The molecule has 5 heterocycles. The smallest absolute Gasteiger partial charge is 0.244 e. The van der Waals surface area contributed by atoms with Gasteiger partial charge in [-0.25, -0.2) is 4.98 Å². The van der Waals surface area contributed by atoms with Crippen molar-refractivity contribution < 1.29 is 13.4 Å². The fourth-order valence-electron chi connectivity index (χ4n) is 11.2. The maximum atomic E-state index is 9.14. The molecule has 14 rings (SSSR count). The van der Waals surface area contributed by atoms with Gasteiger partial charge in [0.15, 0.2) is 0 Å². The molecule has 72 heavy (non-hydrogen) atoms. The molecule has 7 heteroatoms. The van der Waals surface area contributed by atoms with Gasteiger partial charge in [0.05, 0.1) is 72.3 Å². The van der Waals surface area contributed by atoms with Gasteiger partial charge in [-0.1, -0.05) is 148 Å². The Hall–Kier alpha value is -9.20. The average molecular weight is 932 g/mol. The number of aromatic nitrogens is 6. The van der Waals surface area contributed by atoms with E-state index in [1.165, 1.54) is 10.1 Å². The lowest BCUT2D eigenvalue weighted by Gasteiger charge is -2.21. The number of hydrogen-bond donors (Lipinski definition) is 0. The summed E-state index contributed by atoms with van der Waals surface area (Å²) in [6.45, 7) is 4.03.